The highest BCUT2D eigenvalue weighted by molar-refractivity contribution is 5.49. The van der Waals surface area contributed by atoms with E-state index in [1.54, 1.807) is 12.1 Å². The van der Waals surface area contributed by atoms with Gasteiger partial charge in [0.15, 0.2) is 17.9 Å². The lowest BCUT2D eigenvalue weighted by Gasteiger charge is -2.42. The van der Waals surface area contributed by atoms with E-state index in [1.165, 1.54) is 0 Å². The molecule has 1 unspecified atom stereocenters. The second kappa shape index (κ2) is 7.32. The van der Waals surface area contributed by atoms with Crippen LogP contribution in [0.2, 0.25) is 0 Å². The molecule has 0 radical (unpaired) electrons. The highest BCUT2D eigenvalue weighted by Crippen LogP contribution is 2.44. The summed E-state index contributed by atoms with van der Waals surface area (Å²) in [6.07, 6.45) is -1.26. The van der Waals surface area contributed by atoms with E-state index in [0.717, 1.165) is 38.4 Å². The Balaban J connectivity index is 1.24. The molecule has 30 heavy (non-hydrogen) atoms. The van der Waals surface area contributed by atoms with E-state index in [9.17, 15) is 5.11 Å². The van der Waals surface area contributed by atoms with Crippen molar-refractivity contribution in [1.82, 2.24) is 4.90 Å². The van der Waals surface area contributed by atoms with Crippen molar-refractivity contribution >= 4 is 5.69 Å². The first-order valence-electron chi connectivity index (χ1n) is 10.8. The van der Waals surface area contributed by atoms with Crippen LogP contribution in [0.15, 0.2) is 24.3 Å². The summed E-state index contributed by atoms with van der Waals surface area (Å²) in [6, 6.07) is 7.40. The van der Waals surface area contributed by atoms with E-state index in [1.807, 2.05) is 39.8 Å². The molecular weight excluding hydrogens is 388 g/mol. The molecule has 4 heterocycles. The van der Waals surface area contributed by atoms with Gasteiger partial charge >= 0.3 is 0 Å². The summed E-state index contributed by atoms with van der Waals surface area (Å²) in [5.41, 5.74) is 1.14. The lowest BCUT2D eigenvalue weighted by atomic mass is 9.98. The number of anilines is 1. The van der Waals surface area contributed by atoms with Crippen molar-refractivity contribution in [2.45, 2.75) is 70.0 Å². The van der Waals surface area contributed by atoms with E-state index in [4.69, 9.17) is 23.7 Å². The molecule has 4 aliphatic rings. The zero-order chi connectivity index (χ0) is 21.1. The molecule has 8 heteroatoms. The molecule has 0 bridgehead atoms. The fraction of sp³-hybridized carbons (Fsp3) is 0.727. The van der Waals surface area contributed by atoms with E-state index < -0.39 is 17.9 Å². The Morgan fingerprint density at radius 2 is 1.43 bits per heavy atom. The monoisotopic (exact) mass is 420 g/mol. The van der Waals surface area contributed by atoms with Crippen LogP contribution in [0.1, 0.15) is 27.7 Å². The topological polar surface area (TPSA) is 72.9 Å². The van der Waals surface area contributed by atoms with Crippen LogP contribution in [0.25, 0.3) is 0 Å². The van der Waals surface area contributed by atoms with Crippen molar-refractivity contribution in [2.75, 3.05) is 37.6 Å². The molecule has 0 saturated carbocycles. The van der Waals surface area contributed by atoms with Gasteiger partial charge < -0.3 is 33.7 Å². The van der Waals surface area contributed by atoms with Crippen molar-refractivity contribution in [3.8, 4) is 5.75 Å². The maximum absolute atomic E-state index is 9.51. The molecule has 5 atom stereocenters. The normalized spacial score (nSPS) is 37.7. The van der Waals surface area contributed by atoms with Gasteiger partial charge in [0.2, 0.25) is 0 Å². The number of phenols is 1. The molecule has 166 valence electrons. The molecule has 1 N–H and O–H groups in total. The summed E-state index contributed by atoms with van der Waals surface area (Å²) in [7, 11) is 0. The molecule has 0 aliphatic carbocycles. The summed E-state index contributed by atoms with van der Waals surface area (Å²) in [5, 5.41) is 9.51. The summed E-state index contributed by atoms with van der Waals surface area (Å²) in [5.74, 6) is -1.07. The molecule has 4 saturated heterocycles. The van der Waals surface area contributed by atoms with Gasteiger partial charge in [0.05, 0.1) is 0 Å². The summed E-state index contributed by atoms with van der Waals surface area (Å²) >= 11 is 0. The number of hydrogen-bond acceptors (Lipinski definition) is 8. The van der Waals surface area contributed by atoms with Gasteiger partial charge in [-0.1, -0.05) is 0 Å². The number of hydrogen-bond donors (Lipinski definition) is 1. The van der Waals surface area contributed by atoms with E-state index in [2.05, 4.69) is 9.80 Å². The summed E-state index contributed by atoms with van der Waals surface area (Å²) in [6.45, 7) is 12.2. The van der Waals surface area contributed by atoms with Gasteiger partial charge in [-0.05, 0) is 52.0 Å². The minimum Gasteiger partial charge on any atom is -0.508 e. The Kier molecular flexibility index (Phi) is 5.00. The largest absolute Gasteiger partial charge is 0.508 e. The van der Waals surface area contributed by atoms with Crippen LogP contribution in [-0.2, 0) is 23.7 Å². The first-order chi connectivity index (χ1) is 14.2. The maximum atomic E-state index is 9.51. The molecule has 0 spiro atoms. The number of benzene rings is 1. The second-order valence-corrected chi connectivity index (χ2v) is 9.51. The highest BCUT2D eigenvalue weighted by atomic mass is 16.9. The van der Waals surface area contributed by atoms with Crippen LogP contribution in [0.4, 0.5) is 5.69 Å². The number of ether oxygens (including phenoxy) is 5. The van der Waals surface area contributed by atoms with Crippen molar-refractivity contribution in [1.29, 1.82) is 0 Å². The molecule has 1 aromatic carbocycles. The SMILES string of the molecule is CC1(C)O[C@H]2OC(CN3CCN(c4ccc(O)cc4)CC3)[C@@H]3OC(C)(C)O[C@@H]3[C@H]2O1. The third kappa shape index (κ3) is 3.92. The Labute approximate surface area is 177 Å². The van der Waals surface area contributed by atoms with Crippen LogP contribution < -0.4 is 4.90 Å². The zero-order valence-electron chi connectivity index (χ0n) is 18.1. The number of fused-ring (bicyclic) bond motifs is 3. The fourth-order valence-corrected chi connectivity index (χ4v) is 4.95. The van der Waals surface area contributed by atoms with Gasteiger partial charge in [-0.2, -0.15) is 0 Å². The number of piperazine rings is 1. The molecule has 0 amide bonds. The van der Waals surface area contributed by atoms with Crippen LogP contribution in [0.3, 0.4) is 0 Å². The summed E-state index contributed by atoms with van der Waals surface area (Å²) < 4.78 is 30.9. The van der Waals surface area contributed by atoms with Gasteiger partial charge in [0.25, 0.3) is 0 Å². The molecule has 0 aromatic heterocycles. The molecule has 1 aromatic rings. The molecule has 4 fully saturated rings. The third-order valence-electron chi connectivity index (χ3n) is 6.28. The highest BCUT2D eigenvalue weighted by Gasteiger charge is 2.60. The maximum Gasteiger partial charge on any atom is 0.190 e. The Morgan fingerprint density at radius 1 is 0.833 bits per heavy atom. The van der Waals surface area contributed by atoms with Crippen molar-refractivity contribution < 1.29 is 28.8 Å². The fourth-order valence-electron chi connectivity index (χ4n) is 4.95. The van der Waals surface area contributed by atoms with Crippen molar-refractivity contribution in [2.24, 2.45) is 0 Å². The number of phenolic OH excluding ortho intramolecular Hbond substituents is 1. The molecule has 8 nitrogen and oxygen atoms in total. The molecule has 5 rings (SSSR count). The van der Waals surface area contributed by atoms with Crippen molar-refractivity contribution in [3.63, 3.8) is 0 Å². The quantitative estimate of drug-likeness (QED) is 0.795. The van der Waals surface area contributed by atoms with Crippen LogP contribution in [0.5, 0.6) is 5.75 Å². The smallest absolute Gasteiger partial charge is 0.190 e. The van der Waals surface area contributed by atoms with Gasteiger partial charge in [-0.15, -0.1) is 0 Å². The average molecular weight is 421 g/mol. The van der Waals surface area contributed by atoms with Crippen LogP contribution in [-0.4, -0.2) is 85.0 Å². The predicted octanol–water partition coefficient (Wildman–Crippen LogP) is 1.91. The first kappa shape index (κ1) is 20.5. The second-order valence-electron chi connectivity index (χ2n) is 9.51. The van der Waals surface area contributed by atoms with Crippen molar-refractivity contribution in [3.05, 3.63) is 24.3 Å². The van der Waals surface area contributed by atoms with Gasteiger partial charge in [0, 0.05) is 38.4 Å². The third-order valence-corrected chi connectivity index (χ3v) is 6.28. The number of aromatic hydroxyl groups is 1. The minimum atomic E-state index is -0.694. The van der Waals surface area contributed by atoms with Crippen LogP contribution in [0, 0.1) is 0 Å². The van der Waals surface area contributed by atoms with E-state index in [0.29, 0.717) is 5.75 Å². The molecular formula is C22H32N2O6. The first-order valence-corrected chi connectivity index (χ1v) is 10.8. The Hall–Kier alpha value is -1.42. The number of nitrogens with zero attached hydrogens (tertiary/aromatic N) is 2. The number of rotatable bonds is 3. The van der Waals surface area contributed by atoms with Crippen LogP contribution >= 0.6 is 0 Å². The summed E-state index contributed by atoms with van der Waals surface area (Å²) in [4.78, 5) is 4.75. The van der Waals surface area contributed by atoms with E-state index in [-0.39, 0.29) is 24.4 Å². The van der Waals surface area contributed by atoms with Gasteiger partial charge in [0.1, 0.15) is 30.2 Å². The standard InChI is InChI=1S/C22H32N2O6/c1-21(2)27-17-16(26-20-19(18(17)28-21)29-22(3,4)30-20)13-23-9-11-24(12-10-23)14-5-7-15(25)8-6-14/h5-8,16-20,25H,9-13H2,1-4H3/t16?,17-,18-,19+,20+/m0/s1. The van der Waals surface area contributed by atoms with Gasteiger partial charge in [-0.3, -0.25) is 4.90 Å². The lowest BCUT2D eigenvalue weighted by Crippen LogP contribution is -2.59. The Bertz CT molecular complexity index is 761. The molecule has 4 aliphatic heterocycles. The van der Waals surface area contributed by atoms with Gasteiger partial charge in [-0.25, -0.2) is 0 Å². The van der Waals surface area contributed by atoms with E-state index >= 15 is 0 Å². The lowest BCUT2D eigenvalue weighted by molar-refractivity contribution is -0.236. The average Bonchev–Trinajstić information content (AvgIpc) is 3.17. The zero-order valence-corrected chi connectivity index (χ0v) is 18.1. The predicted molar refractivity (Wildman–Crippen MR) is 109 cm³/mol. The Morgan fingerprint density at radius 3 is 2.13 bits per heavy atom. The minimum absolute atomic E-state index is 0.143.